The van der Waals surface area contributed by atoms with Crippen LogP contribution >= 0.6 is 23.4 Å². The topological polar surface area (TPSA) is 46.5 Å². The van der Waals surface area contributed by atoms with E-state index in [1.165, 1.54) is 17.8 Å². The number of methoxy groups -OCH3 is 1. The van der Waals surface area contributed by atoms with Gasteiger partial charge < -0.3 is 9.84 Å². The fourth-order valence-electron chi connectivity index (χ4n) is 0.885. The van der Waals surface area contributed by atoms with Gasteiger partial charge in [-0.15, -0.1) is 0 Å². The molecule has 0 saturated heterocycles. The van der Waals surface area contributed by atoms with E-state index in [-0.39, 0.29) is 10.6 Å². The molecule has 14 heavy (non-hydrogen) atoms. The van der Waals surface area contributed by atoms with Gasteiger partial charge in [0.15, 0.2) is 0 Å². The molecule has 0 aliphatic carbocycles. The van der Waals surface area contributed by atoms with Crippen LogP contribution in [-0.4, -0.2) is 24.1 Å². The van der Waals surface area contributed by atoms with Gasteiger partial charge in [0.1, 0.15) is 0 Å². The zero-order valence-corrected chi connectivity index (χ0v) is 9.06. The predicted octanol–water partition coefficient (Wildman–Crippen LogP) is 2.73. The van der Waals surface area contributed by atoms with Crippen molar-refractivity contribution >= 4 is 29.3 Å². The summed E-state index contributed by atoms with van der Waals surface area (Å²) in [6, 6.07) is 4.87. The molecular formula is C9H9ClO3S. The minimum absolute atomic E-state index is 0.118. The number of aromatic carboxylic acids is 1. The summed E-state index contributed by atoms with van der Waals surface area (Å²) in [5.41, 5.74) is 0.118. The Kier molecular flexibility index (Phi) is 4.25. The molecule has 0 radical (unpaired) electrons. The lowest BCUT2D eigenvalue weighted by atomic mass is 10.2. The number of hydrogen-bond donors (Lipinski definition) is 1. The SMILES string of the molecule is COCSc1ccc(Cl)c(C(=O)O)c1. The fraction of sp³-hybridized carbons (Fsp3) is 0.222. The van der Waals surface area contributed by atoms with Gasteiger partial charge >= 0.3 is 5.97 Å². The summed E-state index contributed by atoms with van der Waals surface area (Å²) in [4.78, 5) is 11.6. The molecule has 1 aromatic carbocycles. The summed E-state index contributed by atoms with van der Waals surface area (Å²) in [6.07, 6.45) is 0. The molecule has 0 spiro atoms. The number of carbonyl (C=O) groups is 1. The van der Waals surface area contributed by atoms with Crippen LogP contribution < -0.4 is 0 Å². The van der Waals surface area contributed by atoms with Crippen LogP contribution in [0.3, 0.4) is 0 Å². The first-order valence-corrected chi connectivity index (χ1v) is 5.16. The molecule has 0 bridgehead atoms. The summed E-state index contributed by atoms with van der Waals surface area (Å²) < 4.78 is 4.86. The molecule has 1 rings (SSSR count). The highest BCUT2D eigenvalue weighted by Gasteiger charge is 2.09. The van der Waals surface area contributed by atoms with Crippen molar-refractivity contribution in [2.75, 3.05) is 13.0 Å². The Morgan fingerprint density at radius 1 is 1.64 bits per heavy atom. The lowest BCUT2D eigenvalue weighted by molar-refractivity contribution is 0.0697. The Morgan fingerprint density at radius 3 is 2.93 bits per heavy atom. The highest BCUT2D eigenvalue weighted by atomic mass is 35.5. The molecule has 0 atom stereocenters. The van der Waals surface area contributed by atoms with Crippen molar-refractivity contribution < 1.29 is 14.6 Å². The van der Waals surface area contributed by atoms with E-state index in [1.54, 1.807) is 19.2 Å². The Balaban J connectivity index is 2.89. The van der Waals surface area contributed by atoms with Gasteiger partial charge in [-0.3, -0.25) is 0 Å². The van der Waals surface area contributed by atoms with Crippen LogP contribution in [-0.2, 0) is 4.74 Å². The Morgan fingerprint density at radius 2 is 2.36 bits per heavy atom. The number of ether oxygens (including phenoxy) is 1. The standard InChI is InChI=1S/C9H9ClO3S/c1-13-5-14-6-2-3-8(10)7(4-6)9(11)12/h2-4H,5H2,1H3,(H,11,12). The molecule has 0 aliphatic rings. The minimum atomic E-state index is -1.02. The first-order chi connectivity index (χ1) is 6.65. The molecular weight excluding hydrogens is 224 g/mol. The second kappa shape index (κ2) is 5.24. The number of carboxylic acids is 1. The van der Waals surface area contributed by atoms with E-state index in [9.17, 15) is 4.79 Å². The number of halogens is 1. The number of benzene rings is 1. The Hall–Kier alpha value is -0.710. The van der Waals surface area contributed by atoms with E-state index in [0.29, 0.717) is 5.94 Å². The molecule has 1 aromatic rings. The zero-order chi connectivity index (χ0) is 10.6. The Bertz CT molecular complexity index is 341. The predicted molar refractivity (Wildman–Crippen MR) is 56.1 cm³/mol. The van der Waals surface area contributed by atoms with Gasteiger partial charge in [-0.05, 0) is 18.2 Å². The maximum absolute atomic E-state index is 10.7. The van der Waals surface area contributed by atoms with Crippen molar-refractivity contribution in [3.05, 3.63) is 28.8 Å². The van der Waals surface area contributed by atoms with Crippen LogP contribution in [0.1, 0.15) is 10.4 Å². The second-order valence-electron chi connectivity index (χ2n) is 2.50. The molecule has 3 nitrogen and oxygen atoms in total. The van der Waals surface area contributed by atoms with Crippen LogP contribution in [0.15, 0.2) is 23.1 Å². The van der Waals surface area contributed by atoms with Crippen LogP contribution in [0, 0.1) is 0 Å². The van der Waals surface area contributed by atoms with Crippen LogP contribution in [0.25, 0.3) is 0 Å². The van der Waals surface area contributed by atoms with Crippen LogP contribution in [0.5, 0.6) is 0 Å². The molecule has 0 fully saturated rings. The van der Waals surface area contributed by atoms with Crippen molar-refractivity contribution in [1.29, 1.82) is 0 Å². The van der Waals surface area contributed by atoms with Crippen LogP contribution in [0.4, 0.5) is 0 Å². The molecule has 0 unspecified atom stereocenters. The molecule has 0 amide bonds. The third-order valence-corrected chi connectivity index (χ3v) is 2.78. The van der Waals surface area contributed by atoms with E-state index < -0.39 is 5.97 Å². The number of hydrogen-bond acceptors (Lipinski definition) is 3. The monoisotopic (exact) mass is 232 g/mol. The van der Waals surface area contributed by atoms with E-state index in [4.69, 9.17) is 21.4 Å². The molecule has 0 aliphatic heterocycles. The van der Waals surface area contributed by atoms with E-state index in [0.717, 1.165) is 4.90 Å². The maximum Gasteiger partial charge on any atom is 0.337 e. The second-order valence-corrected chi connectivity index (χ2v) is 3.90. The average molecular weight is 233 g/mol. The normalized spacial score (nSPS) is 10.1. The first-order valence-electron chi connectivity index (χ1n) is 3.79. The van der Waals surface area contributed by atoms with Crippen molar-refractivity contribution in [2.24, 2.45) is 0 Å². The third kappa shape index (κ3) is 2.90. The Labute approximate surface area is 91.0 Å². The largest absolute Gasteiger partial charge is 0.478 e. The van der Waals surface area contributed by atoms with Crippen molar-refractivity contribution in [3.63, 3.8) is 0 Å². The first kappa shape index (κ1) is 11.4. The fourth-order valence-corrected chi connectivity index (χ4v) is 1.70. The molecule has 0 saturated carbocycles. The molecule has 1 N–H and O–H groups in total. The van der Waals surface area contributed by atoms with Gasteiger partial charge in [0.2, 0.25) is 0 Å². The van der Waals surface area contributed by atoms with E-state index >= 15 is 0 Å². The van der Waals surface area contributed by atoms with Crippen molar-refractivity contribution in [2.45, 2.75) is 4.90 Å². The minimum Gasteiger partial charge on any atom is -0.478 e. The summed E-state index contributed by atoms with van der Waals surface area (Å²) in [6.45, 7) is 0. The van der Waals surface area contributed by atoms with Gasteiger partial charge in [0.25, 0.3) is 0 Å². The van der Waals surface area contributed by atoms with E-state index in [2.05, 4.69) is 0 Å². The number of carboxylic acid groups (broad SMARTS) is 1. The van der Waals surface area contributed by atoms with Gasteiger partial charge in [-0.1, -0.05) is 23.4 Å². The average Bonchev–Trinajstić information content (AvgIpc) is 2.16. The number of thioether (sulfide) groups is 1. The van der Waals surface area contributed by atoms with E-state index in [1.807, 2.05) is 0 Å². The van der Waals surface area contributed by atoms with Gasteiger partial charge in [0.05, 0.1) is 16.5 Å². The highest BCUT2D eigenvalue weighted by Crippen LogP contribution is 2.24. The molecule has 0 heterocycles. The molecule has 0 aromatic heterocycles. The summed E-state index contributed by atoms with van der Waals surface area (Å²) in [5.74, 6) is -0.532. The lowest BCUT2D eigenvalue weighted by Crippen LogP contribution is -1.97. The summed E-state index contributed by atoms with van der Waals surface area (Å²) in [7, 11) is 1.58. The molecule has 5 heteroatoms. The maximum atomic E-state index is 10.7. The summed E-state index contributed by atoms with van der Waals surface area (Å²) in [5, 5.41) is 9.04. The van der Waals surface area contributed by atoms with Crippen molar-refractivity contribution in [3.8, 4) is 0 Å². The lowest BCUT2D eigenvalue weighted by Gasteiger charge is -2.03. The number of rotatable bonds is 4. The highest BCUT2D eigenvalue weighted by molar-refractivity contribution is 7.99. The molecule has 76 valence electrons. The van der Waals surface area contributed by atoms with Gasteiger partial charge in [-0.25, -0.2) is 4.79 Å². The summed E-state index contributed by atoms with van der Waals surface area (Å²) >= 11 is 7.12. The quantitative estimate of drug-likeness (QED) is 0.641. The van der Waals surface area contributed by atoms with Gasteiger partial charge in [0, 0.05) is 12.0 Å². The third-order valence-electron chi connectivity index (χ3n) is 1.51. The van der Waals surface area contributed by atoms with Crippen LogP contribution in [0.2, 0.25) is 5.02 Å². The van der Waals surface area contributed by atoms with Crippen molar-refractivity contribution in [1.82, 2.24) is 0 Å². The smallest absolute Gasteiger partial charge is 0.337 e. The van der Waals surface area contributed by atoms with Gasteiger partial charge in [-0.2, -0.15) is 0 Å². The zero-order valence-electron chi connectivity index (χ0n) is 7.49.